The van der Waals surface area contributed by atoms with Crippen molar-refractivity contribution in [1.29, 1.82) is 0 Å². The van der Waals surface area contributed by atoms with Gasteiger partial charge in [0.25, 0.3) is 0 Å². The van der Waals surface area contributed by atoms with E-state index in [0.29, 0.717) is 5.88 Å². The van der Waals surface area contributed by atoms with Crippen LogP contribution < -0.4 is 4.74 Å². The van der Waals surface area contributed by atoms with Crippen LogP contribution in [0.1, 0.15) is 0 Å². The van der Waals surface area contributed by atoms with Crippen molar-refractivity contribution >= 4 is 10.9 Å². The van der Waals surface area contributed by atoms with Gasteiger partial charge in [-0.05, 0) is 12.1 Å². The number of methoxy groups -OCH3 is 1. The predicted octanol–water partition coefficient (Wildman–Crippen LogP) is 2.04. The van der Waals surface area contributed by atoms with Crippen LogP contribution in [-0.2, 0) is 7.05 Å². The van der Waals surface area contributed by atoms with E-state index in [0.717, 1.165) is 22.3 Å². The van der Waals surface area contributed by atoms with Crippen molar-refractivity contribution in [2.75, 3.05) is 7.11 Å². The molecule has 0 atom stereocenters. The maximum atomic E-state index is 5.34. The first-order valence-corrected chi connectivity index (χ1v) is 5.58. The van der Waals surface area contributed by atoms with Crippen LogP contribution in [-0.4, -0.2) is 26.9 Å². The number of nitrogens with zero attached hydrogens (tertiary/aromatic N) is 4. The summed E-state index contributed by atoms with van der Waals surface area (Å²) < 4.78 is 7.04. The molecule has 2 aromatic heterocycles. The molecule has 0 N–H and O–H groups in total. The third kappa shape index (κ3) is 1.60. The molecule has 0 radical (unpaired) electrons. The van der Waals surface area contributed by atoms with Crippen LogP contribution in [0, 0.1) is 0 Å². The Morgan fingerprint density at radius 2 is 2.06 bits per heavy atom. The van der Waals surface area contributed by atoms with Crippen molar-refractivity contribution in [1.82, 2.24) is 19.7 Å². The fourth-order valence-electron chi connectivity index (χ4n) is 1.95. The molecule has 0 amide bonds. The molecule has 1 aromatic carbocycles. The summed E-state index contributed by atoms with van der Waals surface area (Å²) in [5.74, 6) is 1.30. The lowest BCUT2D eigenvalue weighted by molar-refractivity contribution is 0.401. The normalized spacial score (nSPS) is 10.8. The number of aryl methyl sites for hydroxylation is 1. The molecule has 0 saturated heterocycles. The zero-order valence-electron chi connectivity index (χ0n) is 10.2. The van der Waals surface area contributed by atoms with Gasteiger partial charge in [-0.2, -0.15) is 5.10 Å². The summed E-state index contributed by atoms with van der Waals surface area (Å²) in [4.78, 5) is 8.72. The highest BCUT2D eigenvalue weighted by Gasteiger charge is 2.13. The summed E-state index contributed by atoms with van der Waals surface area (Å²) in [6, 6.07) is 9.93. The first-order valence-electron chi connectivity index (χ1n) is 5.58. The van der Waals surface area contributed by atoms with Crippen molar-refractivity contribution in [3.63, 3.8) is 0 Å². The van der Waals surface area contributed by atoms with Gasteiger partial charge >= 0.3 is 0 Å². The molecule has 18 heavy (non-hydrogen) atoms. The number of aromatic nitrogens is 4. The highest BCUT2D eigenvalue weighted by atomic mass is 16.5. The Hall–Kier alpha value is -2.43. The Bertz CT molecular complexity index is 705. The van der Waals surface area contributed by atoms with Crippen LogP contribution in [0.2, 0.25) is 0 Å². The van der Waals surface area contributed by atoms with Crippen LogP contribution in [0.15, 0.2) is 36.7 Å². The van der Waals surface area contributed by atoms with Crippen molar-refractivity contribution < 1.29 is 4.74 Å². The Kier molecular flexibility index (Phi) is 2.44. The minimum absolute atomic E-state index is 0.560. The summed E-state index contributed by atoms with van der Waals surface area (Å²) in [6.45, 7) is 0. The highest BCUT2D eigenvalue weighted by molar-refractivity contribution is 5.84. The molecule has 0 fully saturated rings. The largest absolute Gasteiger partial charge is 0.480 e. The van der Waals surface area contributed by atoms with E-state index in [1.807, 2.05) is 37.4 Å². The lowest BCUT2D eigenvalue weighted by Gasteiger charge is -2.08. The molecule has 0 spiro atoms. The summed E-state index contributed by atoms with van der Waals surface area (Å²) >= 11 is 0. The van der Waals surface area contributed by atoms with E-state index >= 15 is 0 Å². The molecule has 90 valence electrons. The maximum absolute atomic E-state index is 5.34. The molecule has 3 aromatic rings. The lowest BCUT2D eigenvalue weighted by Crippen LogP contribution is -1.99. The van der Waals surface area contributed by atoms with E-state index < -0.39 is 0 Å². The Labute approximate surface area is 104 Å². The molecule has 0 bridgehead atoms. The number of ether oxygens (including phenoxy) is 1. The van der Waals surface area contributed by atoms with Gasteiger partial charge in [-0.25, -0.2) is 14.6 Å². The fraction of sp³-hybridized carbons (Fsp3) is 0.154. The SMILES string of the molecule is COc1nc2ccccc2cc1-c1ncnn1C. The van der Waals surface area contributed by atoms with Crippen LogP contribution in [0.25, 0.3) is 22.3 Å². The summed E-state index contributed by atoms with van der Waals surface area (Å²) in [5, 5.41) is 5.12. The van der Waals surface area contributed by atoms with Gasteiger partial charge < -0.3 is 4.74 Å². The molecular weight excluding hydrogens is 228 g/mol. The number of hydrogen-bond acceptors (Lipinski definition) is 4. The van der Waals surface area contributed by atoms with E-state index in [2.05, 4.69) is 15.1 Å². The van der Waals surface area contributed by atoms with E-state index in [4.69, 9.17) is 4.74 Å². The second kappa shape index (κ2) is 4.10. The molecule has 0 unspecified atom stereocenters. The Balaban J connectivity index is 2.31. The minimum Gasteiger partial charge on any atom is -0.480 e. The van der Waals surface area contributed by atoms with Gasteiger partial charge in [0.2, 0.25) is 5.88 Å². The third-order valence-electron chi connectivity index (χ3n) is 2.83. The average Bonchev–Trinajstić information content (AvgIpc) is 2.83. The summed E-state index contributed by atoms with van der Waals surface area (Å²) in [5.41, 5.74) is 1.75. The third-order valence-corrected chi connectivity index (χ3v) is 2.83. The van der Waals surface area contributed by atoms with Crippen LogP contribution in [0.3, 0.4) is 0 Å². The number of benzene rings is 1. The zero-order chi connectivity index (χ0) is 12.5. The van der Waals surface area contributed by atoms with Gasteiger partial charge in [0.15, 0.2) is 5.82 Å². The van der Waals surface area contributed by atoms with Crippen LogP contribution >= 0.6 is 0 Å². The summed E-state index contributed by atoms with van der Waals surface area (Å²) in [6.07, 6.45) is 1.52. The van der Waals surface area contributed by atoms with E-state index in [9.17, 15) is 0 Å². The Morgan fingerprint density at radius 1 is 1.22 bits per heavy atom. The number of rotatable bonds is 2. The van der Waals surface area contributed by atoms with Crippen molar-refractivity contribution in [3.05, 3.63) is 36.7 Å². The molecule has 0 aliphatic rings. The predicted molar refractivity (Wildman–Crippen MR) is 68.3 cm³/mol. The molecule has 2 heterocycles. The van der Waals surface area contributed by atoms with Gasteiger partial charge in [0.05, 0.1) is 18.2 Å². The van der Waals surface area contributed by atoms with Crippen molar-refractivity contribution in [3.8, 4) is 17.3 Å². The second-order valence-corrected chi connectivity index (χ2v) is 3.95. The number of hydrogen-bond donors (Lipinski definition) is 0. The molecule has 5 nitrogen and oxygen atoms in total. The molecule has 5 heteroatoms. The smallest absolute Gasteiger partial charge is 0.224 e. The van der Waals surface area contributed by atoms with E-state index in [1.54, 1.807) is 11.8 Å². The number of fused-ring (bicyclic) bond motifs is 1. The van der Waals surface area contributed by atoms with Gasteiger partial charge in [0, 0.05) is 12.4 Å². The minimum atomic E-state index is 0.560. The first kappa shape index (κ1) is 10.7. The van der Waals surface area contributed by atoms with Crippen LogP contribution in [0.4, 0.5) is 0 Å². The average molecular weight is 240 g/mol. The lowest BCUT2D eigenvalue weighted by atomic mass is 10.1. The molecular formula is C13H12N4O. The molecule has 0 saturated carbocycles. The van der Waals surface area contributed by atoms with Gasteiger partial charge in [0.1, 0.15) is 6.33 Å². The first-order chi connectivity index (χ1) is 8.79. The monoisotopic (exact) mass is 240 g/mol. The fourth-order valence-corrected chi connectivity index (χ4v) is 1.95. The van der Waals surface area contributed by atoms with E-state index in [1.165, 1.54) is 6.33 Å². The number of para-hydroxylation sites is 1. The van der Waals surface area contributed by atoms with Gasteiger partial charge in [-0.1, -0.05) is 18.2 Å². The molecule has 0 aliphatic heterocycles. The standard InChI is InChI=1S/C13H12N4O/c1-17-12(14-8-15-17)10-7-9-5-3-4-6-11(9)16-13(10)18-2/h3-8H,1-2H3. The quantitative estimate of drug-likeness (QED) is 0.687. The van der Waals surface area contributed by atoms with Crippen LogP contribution in [0.5, 0.6) is 5.88 Å². The molecule has 0 aliphatic carbocycles. The van der Waals surface area contributed by atoms with Crippen molar-refractivity contribution in [2.24, 2.45) is 7.05 Å². The topological polar surface area (TPSA) is 52.8 Å². The van der Waals surface area contributed by atoms with Gasteiger partial charge in [-0.15, -0.1) is 0 Å². The van der Waals surface area contributed by atoms with E-state index in [-0.39, 0.29) is 0 Å². The Morgan fingerprint density at radius 3 is 2.78 bits per heavy atom. The van der Waals surface area contributed by atoms with Gasteiger partial charge in [-0.3, -0.25) is 0 Å². The maximum Gasteiger partial charge on any atom is 0.224 e. The highest BCUT2D eigenvalue weighted by Crippen LogP contribution is 2.29. The second-order valence-electron chi connectivity index (χ2n) is 3.95. The number of pyridine rings is 1. The summed E-state index contributed by atoms with van der Waals surface area (Å²) in [7, 11) is 3.45. The van der Waals surface area contributed by atoms with Crippen molar-refractivity contribution in [2.45, 2.75) is 0 Å². The zero-order valence-corrected chi connectivity index (χ0v) is 10.2. The molecule has 3 rings (SSSR count).